The lowest BCUT2D eigenvalue weighted by atomic mass is 10.1. The number of halogens is 1. The zero-order valence-corrected chi connectivity index (χ0v) is 15.1. The number of ether oxygens (including phenoxy) is 1. The molecule has 0 radical (unpaired) electrons. The van der Waals surface area contributed by atoms with E-state index in [2.05, 4.69) is 15.8 Å². The Morgan fingerprint density at radius 2 is 1.93 bits per heavy atom. The van der Waals surface area contributed by atoms with Crippen molar-refractivity contribution in [2.24, 2.45) is 0 Å². The highest BCUT2D eigenvalue weighted by Gasteiger charge is 2.15. The number of hydrogen-bond donors (Lipinski definition) is 2. The summed E-state index contributed by atoms with van der Waals surface area (Å²) in [4.78, 5) is 23.7. The van der Waals surface area contributed by atoms with Crippen molar-refractivity contribution in [3.63, 3.8) is 0 Å². The van der Waals surface area contributed by atoms with Gasteiger partial charge in [0.05, 0.1) is 0 Å². The molecule has 0 saturated heterocycles. The topological polar surface area (TPSA) is 93.5 Å². The zero-order valence-electron chi connectivity index (χ0n) is 15.1. The molecule has 3 aromatic rings. The van der Waals surface area contributed by atoms with Gasteiger partial charge in [0.15, 0.2) is 6.61 Å². The van der Waals surface area contributed by atoms with E-state index >= 15 is 0 Å². The van der Waals surface area contributed by atoms with Crippen molar-refractivity contribution in [3.8, 4) is 17.0 Å². The Morgan fingerprint density at radius 3 is 2.64 bits per heavy atom. The van der Waals surface area contributed by atoms with Crippen molar-refractivity contribution >= 4 is 17.5 Å². The summed E-state index contributed by atoms with van der Waals surface area (Å²) in [5.74, 6) is -0.612. The first kappa shape index (κ1) is 19.1. The van der Waals surface area contributed by atoms with E-state index in [-0.39, 0.29) is 18.3 Å². The summed E-state index contributed by atoms with van der Waals surface area (Å²) in [6, 6.07) is 13.8. The van der Waals surface area contributed by atoms with E-state index in [1.807, 2.05) is 6.92 Å². The van der Waals surface area contributed by atoms with Gasteiger partial charge in [-0.1, -0.05) is 17.3 Å². The summed E-state index contributed by atoms with van der Waals surface area (Å²) in [5, 5.41) is 9.10. The third-order valence-corrected chi connectivity index (χ3v) is 3.71. The van der Waals surface area contributed by atoms with Crippen LogP contribution in [-0.2, 0) is 4.79 Å². The molecule has 0 aliphatic carbocycles. The second-order valence-corrected chi connectivity index (χ2v) is 5.81. The van der Waals surface area contributed by atoms with Crippen LogP contribution in [0.15, 0.2) is 59.1 Å². The number of nitrogens with zero attached hydrogens (tertiary/aromatic N) is 1. The van der Waals surface area contributed by atoms with Crippen LogP contribution in [0.4, 0.5) is 10.1 Å². The Balaban J connectivity index is 1.60. The Kier molecular flexibility index (Phi) is 6.01. The molecule has 1 aromatic heterocycles. The summed E-state index contributed by atoms with van der Waals surface area (Å²) >= 11 is 0. The molecule has 0 unspecified atom stereocenters. The second kappa shape index (κ2) is 8.81. The van der Waals surface area contributed by atoms with E-state index in [1.54, 1.807) is 36.4 Å². The summed E-state index contributed by atoms with van der Waals surface area (Å²) in [5.41, 5.74) is 1.38. The molecule has 3 rings (SSSR count). The lowest BCUT2D eigenvalue weighted by Gasteiger charge is -2.07. The molecule has 0 fully saturated rings. The number of amides is 2. The maximum absolute atomic E-state index is 13.3. The van der Waals surface area contributed by atoms with Gasteiger partial charge in [0.2, 0.25) is 5.76 Å². The summed E-state index contributed by atoms with van der Waals surface area (Å²) in [7, 11) is 0. The standard InChI is InChI=1S/C20H18FN3O4/c1-2-22-19(25)12-27-16-8-6-15(7-9-16)23-20(26)18-11-17(24-28-18)13-4-3-5-14(21)10-13/h3-11H,2,12H2,1H3,(H,22,25)(H,23,26). The molecule has 7 nitrogen and oxygen atoms in total. The van der Waals surface area contributed by atoms with Crippen LogP contribution < -0.4 is 15.4 Å². The third kappa shape index (κ3) is 4.94. The number of rotatable bonds is 7. The molecule has 0 aliphatic rings. The van der Waals surface area contributed by atoms with E-state index in [0.717, 1.165) is 0 Å². The van der Waals surface area contributed by atoms with Gasteiger partial charge < -0.3 is 19.9 Å². The van der Waals surface area contributed by atoms with E-state index in [9.17, 15) is 14.0 Å². The van der Waals surface area contributed by atoms with Crippen LogP contribution in [0.3, 0.4) is 0 Å². The molecule has 2 aromatic carbocycles. The molecule has 144 valence electrons. The van der Waals surface area contributed by atoms with E-state index < -0.39 is 11.7 Å². The van der Waals surface area contributed by atoms with Gasteiger partial charge >= 0.3 is 0 Å². The summed E-state index contributed by atoms with van der Waals surface area (Å²) in [6.45, 7) is 2.28. The lowest BCUT2D eigenvalue weighted by Crippen LogP contribution is -2.28. The minimum Gasteiger partial charge on any atom is -0.484 e. The van der Waals surface area contributed by atoms with Gasteiger partial charge in [-0.2, -0.15) is 0 Å². The molecule has 0 aliphatic heterocycles. The molecule has 0 spiro atoms. The average molecular weight is 383 g/mol. The van der Waals surface area contributed by atoms with Gasteiger partial charge in [-0.3, -0.25) is 9.59 Å². The monoisotopic (exact) mass is 383 g/mol. The highest BCUT2D eigenvalue weighted by atomic mass is 19.1. The van der Waals surface area contributed by atoms with Crippen molar-refractivity contribution in [2.45, 2.75) is 6.92 Å². The van der Waals surface area contributed by atoms with Crippen molar-refractivity contribution < 1.29 is 23.2 Å². The predicted octanol–water partition coefficient (Wildman–Crippen LogP) is 3.25. The summed E-state index contributed by atoms with van der Waals surface area (Å²) < 4.78 is 23.7. The predicted molar refractivity (Wildman–Crippen MR) is 100 cm³/mol. The van der Waals surface area contributed by atoms with Crippen molar-refractivity contribution in [1.82, 2.24) is 10.5 Å². The van der Waals surface area contributed by atoms with Crippen LogP contribution in [-0.4, -0.2) is 30.1 Å². The van der Waals surface area contributed by atoms with Crippen molar-refractivity contribution in [3.05, 3.63) is 66.2 Å². The van der Waals surface area contributed by atoms with Gasteiger partial charge in [-0.25, -0.2) is 4.39 Å². The Morgan fingerprint density at radius 1 is 1.14 bits per heavy atom. The van der Waals surface area contributed by atoms with Crippen molar-refractivity contribution in [1.29, 1.82) is 0 Å². The maximum atomic E-state index is 13.3. The normalized spacial score (nSPS) is 10.4. The first-order valence-corrected chi connectivity index (χ1v) is 8.58. The van der Waals surface area contributed by atoms with E-state index in [0.29, 0.717) is 29.2 Å². The molecular weight excluding hydrogens is 365 g/mol. The second-order valence-electron chi connectivity index (χ2n) is 5.81. The SMILES string of the molecule is CCNC(=O)COc1ccc(NC(=O)c2cc(-c3cccc(F)c3)no2)cc1. The minimum atomic E-state index is -0.494. The van der Waals surface area contributed by atoms with Crippen molar-refractivity contribution in [2.75, 3.05) is 18.5 Å². The van der Waals surface area contributed by atoms with Crippen LogP contribution in [0.1, 0.15) is 17.5 Å². The number of likely N-dealkylation sites (N-methyl/N-ethyl adjacent to an activating group) is 1. The van der Waals surface area contributed by atoms with Crippen LogP contribution in [0.5, 0.6) is 5.75 Å². The minimum absolute atomic E-state index is 0.00387. The van der Waals surface area contributed by atoms with E-state index in [4.69, 9.17) is 9.26 Å². The number of hydrogen-bond acceptors (Lipinski definition) is 5. The number of aromatic nitrogens is 1. The number of nitrogens with one attached hydrogen (secondary N) is 2. The molecule has 8 heteroatoms. The fourth-order valence-electron chi connectivity index (χ4n) is 2.39. The Hall–Kier alpha value is -3.68. The largest absolute Gasteiger partial charge is 0.484 e. The molecule has 1 heterocycles. The van der Waals surface area contributed by atoms with E-state index in [1.165, 1.54) is 18.2 Å². The average Bonchev–Trinajstić information content (AvgIpc) is 3.18. The number of anilines is 1. The maximum Gasteiger partial charge on any atom is 0.294 e. The van der Waals surface area contributed by atoms with Crippen LogP contribution in [0.2, 0.25) is 0 Å². The fraction of sp³-hybridized carbons (Fsp3) is 0.150. The molecule has 28 heavy (non-hydrogen) atoms. The van der Waals surface area contributed by atoms with Crippen LogP contribution >= 0.6 is 0 Å². The molecule has 0 saturated carbocycles. The summed E-state index contributed by atoms with van der Waals surface area (Å²) in [6.07, 6.45) is 0. The van der Waals surface area contributed by atoms with Crippen LogP contribution in [0.25, 0.3) is 11.3 Å². The lowest BCUT2D eigenvalue weighted by molar-refractivity contribution is -0.122. The quantitative estimate of drug-likeness (QED) is 0.653. The highest BCUT2D eigenvalue weighted by molar-refractivity contribution is 6.02. The first-order valence-electron chi connectivity index (χ1n) is 8.58. The van der Waals surface area contributed by atoms with Crippen LogP contribution in [0, 0.1) is 5.82 Å². The zero-order chi connectivity index (χ0) is 19.9. The highest BCUT2D eigenvalue weighted by Crippen LogP contribution is 2.21. The van der Waals surface area contributed by atoms with Gasteiger partial charge in [-0.15, -0.1) is 0 Å². The molecule has 2 N–H and O–H groups in total. The molecule has 2 amide bonds. The number of benzene rings is 2. The van der Waals surface area contributed by atoms with Gasteiger partial charge in [-0.05, 0) is 43.3 Å². The molecular formula is C20H18FN3O4. The van der Waals surface area contributed by atoms with Gasteiger partial charge in [0, 0.05) is 23.9 Å². The Bertz CT molecular complexity index is 970. The third-order valence-electron chi connectivity index (χ3n) is 3.71. The number of carbonyl (C=O) groups is 2. The fourth-order valence-corrected chi connectivity index (χ4v) is 2.39. The first-order chi connectivity index (χ1) is 13.5. The smallest absolute Gasteiger partial charge is 0.294 e. The Labute approximate surface area is 160 Å². The van der Waals surface area contributed by atoms with Gasteiger partial charge in [0.25, 0.3) is 11.8 Å². The molecule has 0 atom stereocenters. The number of carbonyl (C=O) groups excluding carboxylic acids is 2. The van der Waals surface area contributed by atoms with Gasteiger partial charge in [0.1, 0.15) is 17.3 Å². The molecule has 0 bridgehead atoms.